The lowest BCUT2D eigenvalue weighted by Crippen LogP contribution is -2.55. The molecule has 7 heteroatoms. The fourth-order valence-corrected chi connectivity index (χ4v) is 3.91. The maximum absolute atomic E-state index is 13.4. The third-order valence-electron chi connectivity index (χ3n) is 6.03. The Hall–Kier alpha value is -3.68. The molecule has 3 aromatic carbocycles. The summed E-state index contributed by atoms with van der Waals surface area (Å²) in [5.41, 5.74) is 2.84. The molecular weight excluding hydrogens is 456 g/mol. The van der Waals surface area contributed by atoms with Gasteiger partial charge in [-0.15, -0.1) is 0 Å². The first kappa shape index (κ1) is 25.4. The third kappa shape index (κ3) is 7.93. The minimum absolute atomic E-state index is 0.120. The SMILES string of the molecule is C[C@H](OCc1ccccc1)[C@H](NC(=O)[C@H](Cc1ccccc1)NC(=O)OCc1ccccc1)[C@H]1CO1. The fourth-order valence-electron chi connectivity index (χ4n) is 3.91. The normalized spacial score (nSPS) is 16.9. The number of rotatable bonds is 12. The second-order valence-corrected chi connectivity index (χ2v) is 8.86. The van der Waals surface area contributed by atoms with Gasteiger partial charge in [0.1, 0.15) is 18.8 Å². The minimum atomic E-state index is -0.821. The van der Waals surface area contributed by atoms with Crippen molar-refractivity contribution in [3.63, 3.8) is 0 Å². The summed E-state index contributed by atoms with van der Waals surface area (Å²) in [6.07, 6.45) is -0.737. The zero-order valence-corrected chi connectivity index (χ0v) is 20.3. The number of benzene rings is 3. The van der Waals surface area contributed by atoms with Gasteiger partial charge < -0.3 is 24.8 Å². The molecule has 188 valence electrons. The van der Waals surface area contributed by atoms with E-state index in [4.69, 9.17) is 14.2 Å². The molecular formula is C29H32N2O5. The van der Waals surface area contributed by atoms with Crippen molar-refractivity contribution in [2.24, 2.45) is 0 Å². The van der Waals surface area contributed by atoms with E-state index in [2.05, 4.69) is 10.6 Å². The van der Waals surface area contributed by atoms with Crippen LogP contribution in [0.15, 0.2) is 91.0 Å². The molecule has 0 saturated carbocycles. The molecule has 1 aliphatic heterocycles. The second kappa shape index (κ2) is 12.9. The van der Waals surface area contributed by atoms with Crippen LogP contribution in [0.4, 0.5) is 4.79 Å². The molecule has 36 heavy (non-hydrogen) atoms. The highest BCUT2D eigenvalue weighted by Crippen LogP contribution is 2.20. The summed E-state index contributed by atoms with van der Waals surface area (Å²) in [6, 6.07) is 27.7. The van der Waals surface area contributed by atoms with E-state index in [1.807, 2.05) is 97.9 Å². The van der Waals surface area contributed by atoms with Crippen molar-refractivity contribution in [3.05, 3.63) is 108 Å². The van der Waals surface area contributed by atoms with Gasteiger partial charge >= 0.3 is 6.09 Å². The van der Waals surface area contributed by atoms with Crippen molar-refractivity contribution < 1.29 is 23.8 Å². The number of amides is 2. The minimum Gasteiger partial charge on any atom is -0.445 e. The molecule has 7 nitrogen and oxygen atoms in total. The van der Waals surface area contributed by atoms with Gasteiger partial charge in [0.15, 0.2) is 0 Å². The Morgan fingerprint density at radius 2 is 1.36 bits per heavy atom. The quantitative estimate of drug-likeness (QED) is 0.376. The molecule has 0 aromatic heterocycles. The number of nitrogens with one attached hydrogen (secondary N) is 2. The molecule has 3 aromatic rings. The first-order chi connectivity index (χ1) is 17.6. The zero-order valence-electron chi connectivity index (χ0n) is 20.3. The van der Waals surface area contributed by atoms with E-state index in [9.17, 15) is 9.59 Å². The van der Waals surface area contributed by atoms with E-state index in [0.29, 0.717) is 19.6 Å². The number of hydrogen-bond donors (Lipinski definition) is 2. The van der Waals surface area contributed by atoms with Crippen molar-refractivity contribution in [3.8, 4) is 0 Å². The Morgan fingerprint density at radius 1 is 0.833 bits per heavy atom. The lowest BCUT2D eigenvalue weighted by atomic mass is 10.0. The van der Waals surface area contributed by atoms with Crippen molar-refractivity contribution in [2.75, 3.05) is 6.61 Å². The molecule has 4 atom stereocenters. The number of alkyl carbamates (subject to hydrolysis) is 1. The van der Waals surface area contributed by atoms with Crippen LogP contribution in [0.3, 0.4) is 0 Å². The Balaban J connectivity index is 1.38. The maximum atomic E-state index is 13.4. The molecule has 1 heterocycles. The fraction of sp³-hybridized carbons (Fsp3) is 0.310. The lowest BCUT2D eigenvalue weighted by molar-refractivity contribution is -0.125. The summed E-state index contributed by atoms with van der Waals surface area (Å²) in [5, 5.41) is 5.80. The standard InChI is InChI=1S/C29H32N2O5/c1-21(34-18-23-13-7-3-8-14-23)27(26-20-35-26)31-28(32)25(17-22-11-5-2-6-12-22)30-29(33)36-19-24-15-9-4-10-16-24/h2-16,21,25-27H,17-20H2,1H3,(H,30,33)(H,31,32)/t21-,25-,26+,27-/m0/s1. The number of carbonyl (C=O) groups is 2. The molecule has 0 unspecified atom stereocenters. The topological polar surface area (TPSA) is 89.2 Å². The third-order valence-corrected chi connectivity index (χ3v) is 6.03. The Morgan fingerprint density at radius 3 is 1.92 bits per heavy atom. The van der Waals surface area contributed by atoms with Gasteiger partial charge in [0, 0.05) is 6.42 Å². The van der Waals surface area contributed by atoms with Gasteiger partial charge in [-0.25, -0.2) is 4.79 Å². The van der Waals surface area contributed by atoms with Gasteiger partial charge in [-0.05, 0) is 23.6 Å². The van der Waals surface area contributed by atoms with E-state index in [1.165, 1.54) is 0 Å². The lowest BCUT2D eigenvalue weighted by Gasteiger charge is -2.27. The number of epoxide rings is 1. The summed E-state index contributed by atoms with van der Waals surface area (Å²) < 4.78 is 16.9. The van der Waals surface area contributed by atoms with Gasteiger partial charge in [0.05, 0.1) is 25.4 Å². The van der Waals surface area contributed by atoms with E-state index in [1.54, 1.807) is 0 Å². The highest BCUT2D eigenvalue weighted by atomic mass is 16.6. The average molecular weight is 489 g/mol. The van der Waals surface area contributed by atoms with Crippen LogP contribution < -0.4 is 10.6 Å². The molecule has 4 rings (SSSR count). The summed E-state index contributed by atoms with van der Waals surface area (Å²) in [5.74, 6) is -0.314. The van der Waals surface area contributed by atoms with Crippen molar-refractivity contribution in [1.29, 1.82) is 0 Å². The molecule has 0 aliphatic carbocycles. The summed E-state index contributed by atoms with van der Waals surface area (Å²) in [6.45, 7) is 3.02. The van der Waals surface area contributed by atoms with Crippen LogP contribution in [0.1, 0.15) is 23.6 Å². The van der Waals surface area contributed by atoms with E-state index >= 15 is 0 Å². The molecule has 1 fully saturated rings. The van der Waals surface area contributed by atoms with Gasteiger partial charge in [-0.3, -0.25) is 4.79 Å². The Bertz CT molecular complexity index is 1090. The first-order valence-corrected chi connectivity index (χ1v) is 12.2. The zero-order chi connectivity index (χ0) is 25.2. The molecule has 1 saturated heterocycles. The molecule has 2 amide bonds. The van der Waals surface area contributed by atoms with Crippen LogP contribution in [-0.4, -0.2) is 42.9 Å². The van der Waals surface area contributed by atoms with Gasteiger partial charge in [-0.1, -0.05) is 91.0 Å². The highest BCUT2D eigenvalue weighted by Gasteiger charge is 2.39. The molecule has 0 spiro atoms. The van der Waals surface area contributed by atoms with Gasteiger partial charge in [0.25, 0.3) is 0 Å². The monoisotopic (exact) mass is 488 g/mol. The summed E-state index contributed by atoms with van der Waals surface area (Å²) >= 11 is 0. The van der Waals surface area contributed by atoms with Gasteiger partial charge in [-0.2, -0.15) is 0 Å². The molecule has 0 bridgehead atoms. The first-order valence-electron chi connectivity index (χ1n) is 12.2. The second-order valence-electron chi connectivity index (χ2n) is 8.86. The molecule has 2 N–H and O–H groups in total. The number of carbonyl (C=O) groups excluding carboxylic acids is 2. The van der Waals surface area contributed by atoms with Crippen molar-refractivity contribution in [2.45, 2.75) is 50.8 Å². The van der Waals surface area contributed by atoms with Crippen LogP contribution in [0.2, 0.25) is 0 Å². The Labute approximate surface area is 211 Å². The van der Waals surface area contributed by atoms with Crippen LogP contribution in [0, 0.1) is 0 Å². The van der Waals surface area contributed by atoms with Crippen LogP contribution in [0.5, 0.6) is 0 Å². The van der Waals surface area contributed by atoms with E-state index in [-0.39, 0.29) is 30.8 Å². The van der Waals surface area contributed by atoms with Crippen molar-refractivity contribution >= 4 is 12.0 Å². The number of hydrogen-bond acceptors (Lipinski definition) is 5. The maximum Gasteiger partial charge on any atom is 0.408 e. The highest BCUT2D eigenvalue weighted by molar-refractivity contribution is 5.86. The van der Waals surface area contributed by atoms with Crippen molar-refractivity contribution in [1.82, 2.24) is 10.6 Å². The summed E-state index contributed by atoms with van der Waals surface area (Å²) in [7, 11) is 0. The summed E-state index contributed by atoms with van der Waals surface area (Å²) in [4.78, 5) is 26.0. The predicted molar refractivity (Wildman–Crippen MR) is 136 cm³/mol. The largest absolute Gasteiger partial charge is 0.445 e. The Kier molecular flexibility index (Phi) is 9.08. The van der Waals surface area contributed by atoms with Crippen LogP contribution in [-0.2, 0) is 38.6 Å². The smallest absolute Gasteiger partial charge is 0.408 e. The van der Waals surface area contributed by atoms with Crippen LogP contribution in [0.25, 0.3) is 0 Å². The van der Waals surface area contributed by atoms with Crippen LogP contribution >= 0.6 is 0 Å². The average Bonchev–Trinajstić information content (AvgIpc) is 3.76. The molecule has 1 aliphatic rings. The number of ether oxygens (including phenoxy) is 3. The van der Waals surface area contributed by atoms with E-state index in [0.717, 1.165) is 16.7 Å². The molecule has 0 radical (unpaired) electrons. The predicted octanol–water partition coefficient (Wildman–Crippen LogP) is 4.01. The van der Waals surface area contributed by atoms with E-state index < -0.39 is 12.1 Å². The van der Waals surface area contributed by atoms with Gasteiger partial charge in [0.2, 0.25) is 5.91 Å².